The van der Waals surface area contributed by atoms with E-state index in [1.165, 1.54) is 6.92 Å². The Hall–Kier alpha value is -1.21. The molecule has 2 aromatic rings. The number of nitrogens with zero attached hydrogens (tertiary/aromatic N) is 2. The third-order valence-electron chi connectivity index (χ3n) is 2.91. The van der Waals surface area contributed by atoms with Crippen molar-refractivity contribution in [1.29, 1.82) is 0 Å². The number of aliphatic hydroxyl groups is 1. The van der Waals surface area contributed by atoms with E-state index in [0.29, 0.717) is 15.6 Å². The van der Waals surface area contributed by atoms with Gasteiger partial charge in [-0.2, -0.15) is 0 Å². The number of hydrogen-bond acceptors (Lipinski definition) is 5. The molecule has 1 unspecified atom stereocenters. The Morgan fingerprint density at radius 2 is 2.27 bits per heavy atom. The summed E-state index contributed by atoms with van der Waals surface area (Å²) >= 11 is 13.0. The van der Waals surface area contributed by atoms with Gasteiger partial charge in [-0.3, -0.25) is 4.79 Å². The lowest BCUT2D eigenvalue weighted by Crippen LogP contribution is -2.34. The highest BCUT2D eigenvalue weighted by Crippen LogP contribution is 2.34. The molecule has 8 heteroatoms. The lowest BCUT2D eigenvalue weighted by Gasteiger charge is -2.29. The van der Waals surface area contributed by atoms with E-state index in [2.05, 4.69) is 4.98 Å². The molecule has 22 heavy (non-hydrogen) atoms. The zero-order valence-electron chi connectivity index (χ0n) is 11.7. The summed E-state index contributed by atoms with van der Waals surface area (Å²) in [5.74, 6) is -0.316. The van der Waals surface area contributed by atoms with Gasteiger partial charge in [0.05, 0.1) is 30.7 Å². The van der Waals surface area contributed by atoms with Crippen LogP contribution in [0.3, 0.4) is 0 Å². The van der Waals surface area contributed by atoms with Gasteiger partial charge in [-0.05, 0) is 12.1 Å². The smallest absolute Gasteiger partial charge is 0.314 e. The Morgan fingerprint density at radius 1 is 1.50 bits per heavy atom. The van der Waals surface area contributed by atoms with E-state index in [1.54, 1.807) is 41.5 Å². The van der Waals surface area contributed by atoms with Crippen molar-refractivity contribution in [3.8, 4) is 0 Å². The van der Waals surface area contributed by atoms with Crippen LogP contribution in [-0.2, 0) is 21.1 Å². The molecular formula is C14H14Cl2N2O3S. The number of aromatic nitrogens is 2. The molecule has 0 aliphatic rings. The molecule has 0 bridgehead atoms. The van der Waals surface area contributed by atoms with Crippen LogP contribution in [0.2, 0.25) is 10.0 Å². The molecular weight excluding hydrogens is 347 g/mol. The zero-order valence-corrected chi connectivity index (χ0v) is 14.0. The van der Waals surface area contributed by atoms with Gasteiger partial charge in [-0.15, -0.1) is 0 Å². The van der Waals surface area contributed by atoms with Gasteiger partial charge in [0.1, 0.15) is 5.60 Å². The number of halogens is 2. The lowest BCUT2D eigenvalue weighted by atomic mass is 9.95. The molecule has 0 aliphatic carbocycles. The van der Waals surface area contributed by atoms with E-state index >= 15 is 0 Å². The predicted molar refractivity (Wildman–Crippen MR) is 86.8 cm³/mol. The number of benzene rings is 1. The molecule has 0 fully saturated rings. The summed E-state index contributed by atoms with van der Waals surface area (Å²) in [5, 5.41) is 11.9. The number of hydrogen-bond donors (Lipinski definition) is 1. The first kappa shape index (κ1) is 17.1. The Balaban J connectivity index is 2.28. The average Bonchev–Trinajstić information content (AvgIpc) is 2.90. The quantitative estimate of drug-likeness (QED) is 0.800. The molecule has 118 valence electrons. The van der Waals surface area contributed by atoms with Crippen LogP contribution in [0.1, 0.15) is 12.5 Å². The van der Waals surface area contributed by atoms with Crippen molar-refractivity contribution in [2.24, 2.45) is 0 Å². The van der Waals surface area contributed by atoms with E-state index < -0.39 is 11.6 Å². The van der Waals surface area contributed by atoms with E-state index in [0.717, 1.165) is 12.0 Å². The molecule has 1 heterocycles. The van der Waals surface area contributed by atoms with Crippen LogP contribution in [0, 0.1) is 0 Å². The van der Waals surface area contributed by atoms with Crippen LogP contribution in [0.4, 0.5) is 0 Å². The molecule has 5 nitrogen and oxygen atoms in total. The molecule has 0 saturated carbocycles. The molecule has 0 spiro atoms. The third kappa shape index (κ3) is 4.39. The lowest BCUT2D eigenvalue weighted by molar-refractivity contribution is -0.130. The number of carbonyl (C=O) groups excluding carboxylic acids is 1. The SMILES string of the molecule is CC(=O)OSCC(O)(Cn1ccnc1)c1ccc(Cl)cc1Cl. The second kappa shape index (κ2) is 7.37. The van der Waals surface area contributed by atoms with Crippen molar-refractivity contribution in [2.75, 3.05) is 5.75 Å². The van der Waals surface area contributed by atoms with E-state index in [4.69, 9.17) is 27.4 Å². The van der Waals surface area contributed by atoms with Crippen LogP contribution in [0.5, 0.6) is 0 Å². The molecule has 0 aliphatic heterocycles. The van der Waals surface area contributed by atoms with E-state index in [-0.39, 0.29) is 12.3 Å². The number of rotatable bonds is 6. The third-order valence-corrected chi connectivity index (χ3v) is 4.41. The van der Waals surface area contributed by atoms with Crippen molar-refractivity contribution < 1.29 is 14.1 Å². The first-order valence-corrected chi connectivity index (χ1v) is 8.01. The molecule has 0 amide bonds. The summed E-state index contributed by atoms with van der Waals surface area (Å²) in [6.07, 6.45) is 4.93. The van der Waals surface area contributed by atoms with Gasteiger partial charge in [0, 0.05) is 34.9 Å². The Labute approximate surface area is 142 Å². The second-order valence-corrected chi connectivity index (χ2v) is 6.26. The second-order valence-electron chi connectivity index (χ2n) is 4.73. The van der Waals surface area contributed by atoms with Crippen molar-refractivity contribution in [3.05, 3.63) is 52.5 Å². The minimum absolute atomic E-state index is 0.117. The monoisotopic (exact) mass is 360 g/mol. The van der Waals surface area contributed by atoms with Crippen LogP contribution in [-0.4, -0.2) is 26.4 Å². The maximum atomic E-state index is 11.1. The Morgan fingerprint density at radius 3 is 2.86 bits per heavy atom. The van der Waals surface area contributed by atoms with Crippen molar-refractivity contribution in [3.63, 3.8) is 0 Å². The highest BCUT2D eigenvalue weighted by molar-refractivity contribution is 7.95. The highest BCUT2D eigenvalue weighted by atomic mass is 35.5. The van der Waals surface area contributed by atoms with Gasteiger partial charge in [0.25, 0.3) is 0 Å². The van der Waals surface area contributed by atoms with Crippen LogP contribution < -0.4 is 0 Å². The Bertz CT molecular complexity index is 652. The van der Waals surface area contributed by atoms with Crippen LogP contribution >= 0.6 is 35.2 Å². The van der Waals surface area contributed by atoms with E-state index in [9.17, 15) is 9.90 Å². The molecule has 1 aromatic carbocycles. The first-order chi connectivity index (χ1) is 10.4. The molecule has 2 rings (SSSR count). The van der Waals surface area contributed by atoms with Crippen LogP contribution in [0.25, 0.3) is 0 Å². The largest absolute Gasteiger partial charge is 0.391 e. The minimum atomic E-state index is -1.34. The van der Waals surface area contributed by atoms with Gasteiger partial charge in [0.15, 0.2) is 0 Å². The molecule has 1 aromatic heterocycles. The number of imidazole rings is 1. The van der Waals surface area contributed by atoms with Gasteiger partial charge < -0.3 is 13.9 Å². The summed E-state index contributed by atoms with van der Waals surface area (Å²) in [6, 6.07) is 4.88. The predicted octanol–water partition coefficient (Wildman–Crippen LogP) is 3.29. The normalized spacial score (nSPS) is 13.6. The van der Waals surface area contributed by atoms with Gasteiger partial charge in [0.2, 0.25) is 0 Å². The molecule has 0 radical (unpaired) electrons. The summed E-state index contributed by atoms with van der Waals surface area (Å²) in [7, 11) is 0. The van der Waals surface area contributed by atoms with Gasteiger partial charge >= 0.3 is 5.97 Å². The van der Waals surface area contributed by atoms with Crippen molar-refractivity contribution >= 4 is 41.2 Å². The summed E-state index contributed by atoms with van der Waals surface area (Å²) in [4.78, 5) is 14.9. The summed E-state index contributed by atoms with van der Waals surface area (Å²) < 4.78 is 6.59. The van der Waals surface area contributed by atoms with Gasteiger partial charge in [-0.1, -0.05) is 29.3 Å². The summed E-state index contributed by atoms with van der Waals surface area (Å²) in [5.41, 5.74) is -0.838. The topological polar surface area (TPSA) is 64.3 Å². The highest BCUT2D eigenvalue weighted by Gasteiger charge is 2.33. The maximum absolute atomic E-state index is 11.1. The first-order valence-electron chi connectivity index (χ1n) is 6.34. The van der Waals surface area contributed by atoms with Crippen molar-refractivity contribution in [1.82, 2.24) is 9.55 Å². The molecule has 1 N–H and O–H groups in total. The fourth-order valence-electron chi connectivity index (χ4n) is 1.97. The fraction of sp³-hybridized carbons (Fsp3) is 0.286. The maximum Gasteiger partial charge on any atom is 0.314 e. The number of carbonyl (C=O) groups is 1. The van der Waals surface area contributed by atoms with Gasteiger partial charge in [-0.25, -0.2) is 4.98 Å². The average molecular weight is 361 g/mol. The molecule has 0 saturated heterocycles. The minimum Gasteiger partial charge on any atom is -0.391 e. The Kier molecular flexibility index (Phi) is 5.74. The molecule has 1 atom stereocenters. The van der Waals surface area contributed by atoms with Crippen molar-refractivity contribution in [2.45, 2.75) is 19.1 Å². The summed E-state index contributed by atoms with van der Waals surface area (Å²) in [6.45, 7) is 1.51. The van der Waals surface area contributed by atoms with Crippen LogP contribution in [0.15, 0.2) is 36.9 Å². The standard InChI is InChI=1S/C14H14Cl2N2O3S/c1-10(19)21-22-8-14(20,7-18-5-4-17-9-18)12-3-2-11(15)6-13(12)16/h2-6,9,20H,7-8H2,1H3. The fourth-order valence-corrected chi connectivity index (χ4v) is 3.22. The zero-order chi connectivity index (χ0) is 16.2. The van der Waals surface area contributed by atoms with E-state index in [1.807, 2.05) is 0 Å².